The summed E-state index contributed by atoms with van der Waals surface area (Å²) < 4.78 is 1.42. The molecule has 1 heterocycles. The summed E-state index contributed by atoms with van der Waals surface area (Å²) in [6.07, 6.45) is 2.39. The van der Waals surface area contributed by atoms with E-state index < -0.39 is 5.56 Å². The molecule has 0 aliphatic rings. The molecule has 0 aliphatic heterocycles. The monoisotopic (exact) mass is 403 g/mol. The highest BCUT2D eigenvalue weighted by Gasteiger charge is 2.15. The standard InChI is InChI=1S/C24H25N3O3/c1-4-17(3)25-23(29)21-10-7-15-27(24(21)30)19-13-11-18(12-14-19)26-22(28)20-9-6-5-8-16(20)2/h5-15,17H,4H2,1-3H3,(H,25,29)(H,26,28)/t17-/m1/s1. The van der Waals surface area contributed by atoms with E-state index in [-0.39, 0.29) is 23.4 Å². The van der Waals surface area contributed by atoms with Crippen molar-refractivity contribution in [1.29, 1.82) is 0 Å². The highest BCUT2D eigenvalue weighted by atomic mass is 16.2. The molecule has 30 heavy (non-hydrogen) atoms. The number of amides is 2. The minimum Gasteiger partial charge on any atom is -0.349 e. The van der Waals surface area contributed by atoms with Crippen molar-refractivity contribution in [2.24, 2.45) is 0 Å². The molecule has 2 amide bonds. The van der Waals surface area contributed by atoms with Crippen LogP contribution in [0.4, 0.5) is 5.69 Å². The molecule has 0 bridgehead atoms. The van der Waals surface area contributed by atoms with Crippen LogP contribution in [0.5, 0.6) is 0 Å². The molecule has 154 valence electrons. The number of carbonyl (C=O) groups is 2. The van der Waals surface area contributed by atoms with E-state index in [0.717, 1.165) is 12.0 Å². The van der Waals surface area contributed by atoms with Crippen LogP contribution in [0.3, 0.4) is 0 Å². The van der Waals surface area contributed by atoms with Crippen LogP contribution in [0.25, 0.3) is 5.69 Å². The third-order valence-corrected chi connectivity index (χ3v) is 4.97. The number of aromatic nitrogens is 1. The fourth-order valence-electron chi connectivity index (χ4n) is 3.01. The van der Waals surface area contributed by atoms with Gasteiger partial charge in [-0.05, 0) is 68.3 Å². The average Bonchev–Trinajstić information content (AvgIpc) is 2.74. The Morgan fingerprint density at radius 3 is 2.27 bits per heavy atom. The lowest BCUT2D eigenvalue weighted by molar-refractivity contribution is 0.0936. The zero-order valence-electron chi connectivity index (χ0n) is 17.3. The van der Waals surface area contributed by atoms with Crippen molar-refractivity contribution in [2.75, 3.05) is 5.32 Å². The zero-order chi connectivity index (χ0) is 21.7. The normalized spacial score (nSPS) is 11.6. The summed E-state index contributed by atoms with van der Waals surface area (Å²) in [6.45, 7) is 5.74. The fourth-order valence-corrected chi connectivity index (χ4v) is 3.01. The van der Waals surface area contributed by atoms with Crippen LogP contribution in [-0.4, -0.2) is 22.4 Å². The van der Waals surface area contributed by atoms with Crippen molar-refractivity contribution in [3.63, 3.8) is 0 Å². The van der Waals surface area contributed by atoms with Gasteiger partial charge in [0, 0.05) is 29.2 Å². The molecule has 6 heteroatoms. The van der Waals surface area contributed by atoms with Crippen LogP contribution in [0, 0.1) is 6.92 Å². The van der Waals surface area contributed by atoms with E-state index in [0.29, 0.717) is 16.9 Å². The number of pyridine rings is 1. The number of hydrogen-bond acceptors (Lipinski definition) is 3. The Hall–Kier alpha value is -3.67. The molecular formula is C24H25N3O3. The highest BCUT2D eigenvalue weighted by Crippen LogP contribution is 2.15. The van der Waals surface area contributed by atoms with Gasteiger partial charge in [0.1, 0.15) is 5.56 Å². The maximum atomic E-state index is 12.8. The minimum atomic E-state index is -0.394. The summed E-state index contributed by atoms with van der Waals surface area (Å²) in [5, 5.41) is 5.68. The molecule has 0 saturated carbocycles. The molecule has 6 nitrogen and oxygen atoms in total. The fraction of sp³-hybridized carbons (Fsp3) is 0.208. The molecule has 0 unspecified atom stereocenters. The summed E-state index contributed by atoms with van der Waals surface area (Å²) >= 11 is 0. The molecule has 1 aromatic heterocycles. The second kappa shape index (κ2) is 9.22. The Bertz CT molecular complexity index is 1120. The quantitative estimate of drug-likeness (QED) is 0.654. The summed E-state index contributed by atoms with van der Waals surface area (Å²) in [6, 6.07) is 17.4. The summed E-state index contributed by atoms with van der Waals surface area (Å²) in [5.41, 5.74) is 2.42. The Morgan fingerprint density at radius 1 is 0.933 bits per heavy atom. The lowest BCUT2D eigenvalue weighted by Crippen LogP contribution is -2.36. The van der Waals surface area contributed by atoms with Gasteiger partial charge in [0.25, 0.3) is 17.4 Å². The number of hydrogen-bond donors (Lipinski definition) is 2. The number of benzene rings is 2. The summed E-state index contributed by atoms with van der Waals surface area (Å²) in [4.78, 5) is 37.6. The van der Waals surface area contributed by atoms with Crippen molar-refractivity contribution >= 4 is 17.5 Å². The van der Waals surface area contributed by atoms with Crippen molar-refractivity contribution in [1.82, 2.24) is 9.88 Å². The van der Waals surface area contributed by atoms with Crippen LogP contribution in [0.15, 0.2) is 71.7 Å². The van der Waals surface area contributed by atoms with Gasteiger partial charge in [-0.25, -0.2) is 0 Å². The van der Waals surface area contributed by atoms with E-state index in [4.69, 9.17) is 0 Å². The van der Waals surface area contributed by atoms with Gasteiger partial charge in [0.05, 0.1) is 0 Å². The van der Waals surface area contributed by atoms with Gasteiger partial charge in [-0.15, -0.1) is 0 Å². The topological polar surface area (TPSA) is 80.2 Å². The Balaban J connectivity index is 1.80. The predicted octanol–water partition coefficient (Wildman–Crippen LogP) is 3.93. The number of anilines is 1. The molecule has 0 saturated heterocycles. The first-order valence-electron chi connectivity index (χ1n) is 9.90. The molecule has 3 rings (SSSR count). The van der Waals surface area contributed by atoms with Crippen LogP contribution in [-0.2, 0) is 0 Å². The molecule has 1 atom stereocenters. The molecule has 0 radical (unpaired) electrons. The second-order valence-corrected chi connectivity index (χ2v) is 7.20. The van der Waals surface area contributed by atoms with Crippen LogP contribution in [0.1, 0.15) is 46.5 Å². The minimum absolute atomic E-state index is 0.0123. The molecule has 3 aromatic rings. The summed E-state index contributed by atoms with van der Waals surface area (Å²) in [7, 11) is 0. The first kappa shape index (κ1) is 21.0. The number of carbonyl (C=O) groups excluding carboxylic acids is 2. The summed E-state index contributed by atoms with van der Waals surface area (Å²) in [5.74, 6) is -0.576. The van der Waals surface area contributed by atoms with Gasteiger partial charge < -0.3 is 10.6 Å². The van der Waals surface area contributed by atoms with Crippen LogP contribution < -0.4 is 16.2 Å². The van der Waals surface area contributed by atoms with Crippen LogP contribution >= 0.6 is 0 Å². The van der Waals surface area contributed by atoms with E-state index >= 15 is 0 Å². The Kier molecular flexibility index (Phi) is 6.47. The van der Waals surface area contributed by atoms with Crippen molar-refractivity contribution in [3.8, 4) is 5.69 Å². The van der Waals surface area contributed by atoms with Gasteiger partial charge in [0.15, 0.2) is 0 Å². The van der Waals surface area contributed by atoms with Crippen molar-refractivity contribution in [2.45, 2.75) is 33.2 Å². The van der Waals surface area contributed by atoms with Crippen molar-refractivity contribution in [3.05, 3.63) is 93.9 Å². The third-order valence-electron chi connectivity index (χ3n) is 4.97. The van der Waals surface area contributed by atoms with Gasteiger partial charge >= 0.3 is 0 Å². The SMILES string of the molecule is CC[C@@H](C)NC(=O)c1cccn(-c2ccc(NC(=O)c3ccccc3C)cc2)c1=O. The van der Waals surface area contributed by atoms with Crippen LogP contribution in [0.2, 0.25) is 0 Å². The smallest absolute Gasteiger partial charge is 0.267 e. The lowest BCUT2D eigenvalue weighted by atomic mass is 10.1. The van der Waals surface area contributed by atoms with E-state index in [1.54, 1.807) is 42.6 Å². The first-order chi connectivity index (χ1) is 14.4. The maximum Gasteiger partial charge on any atom is 0.267 e. The highest BCUT2D eigenvalue weighted by molar-refractivity contribution is 6.05. The molecule has 0 aliphatic carbocycles. The zero-order valence-corrected chi connectivity index (χ0v) is 17.3. The van der Waals surface area contributed by atoms with Gasteiger partial charge in [-0.3, -0.25) is 19.0 Å². The van der Waals surface area contributed by atoms with E-state index in [2.05, 4.69) is 10.6 Å². The molecule has 0 fully saturated rings. The molecule has 0 spiro atoms. The van der Waals surface area contributed by atoms with E-state index in [9.17, 15) is 14.4 Å². The maximum absolute atomic E-state index is 12.8. The average molecular weight is 403 g/mol. The van der Waals surface area contributed by atoms with Gasteiger partial charge in [-0.1, -0.05) is 25.1 Å². The first-order valence-corrected chi connectivity index (χ1v) is 9.90. The number of aryl methyl sites for hydroxylation is 1. The van der Waals surface area contributed by atoms with Gasteiger partial charge in [0.2, 0.25) is 0 Å². The molecule has 2 N–H and O–H groups in total. The molecular weight excluding hydrogens is 378 g/mol. The molecule has 2 aromatic carbocycles. The largest absolute Gasteiger partial charge is 0.349 e. The Morgan fingerprint density at radius 2 is 1.60 bits per heavy atom. The van der Waals surface area contributed by atoms with Crippen molar-refractivity contribution < 1.29 is 9.59 Å². The number of nitrogens with zero attached hydrogens (tertiary/aromatic N) is 1. The van der Waals surface area contributed by atoms with Gasteiger partial charge in [-0.2, -0.15) is 0 Å². The Labute approximate surface area is 175 Å². The lowest BCUT2D eigenvalue weighted by Gasteiger charge is -2.13. The third kappa shape index (κ3) is 4.66. The second-order valence-electron chi connectivity index (χ2n) is 7.20. The van der Waals surface area contributed by atoms with E-state index in [1.165, 1.54) is 10.6 Å². The number of rotatable bonds is 6. The van der Waals surface area contributed by atoms with E-state index in [1.807, 2.05) is 39.0 Å². The predicted molar refractivity (Wildman–Crippen MR) is 118 cm³/mol. The number of nitrogens with one attached hydrogen (secondary N) is 2.